The third-order valence-electron chi connectivity index (χ3n) is 3.27. The number of nitrogens with one attached hydrogen (secondary N) is 1. The van der Waals surface area contributed by atoms with Crippen molar-refractivity contribution in [3.05, 3.63) is 0 Å². The van der Waals surface area contributed by atoms with Crippen LogP contribution in [0.4, 0.5) is 0 Å². The topological polar surface area (TPSA) is 58.6 Å². The molecule has 98 valence electrons. The van der Waals surface area contributed by atoms with E-state index in [1.807, 2.05) is 6.92 Å². The maximum Gasteiger partial charge on any atom is 0.309 e. The third kappa shape index (κ3) is 3.70. The summed E-state index contributed by atoms with van der Waals surface area (Å²) in [5.41, 5.74) is 0. The number of rotatable bonds is 4. The molecule has 0 bridgehead atoms. The monoisotopic (exact) mass is 242 g/mol. The van der Waals surface area contributed by atoms with Crippen molar-refractivity contribution in [2.75, 3.05) is 27.2 Å². The molecule has 0 aromatic carbocycles. The molecule has 5 heteroatoms. The van der Waals surface area contributed by atoms with Gasteiger partial charge >= 0.3 is 5.97 Å². The van der Waals surface area contributed by atoms with Gasteiger partial charge in [-0.3, -0.25) is 14.5 Å². The van der Waals surface area contributed by atoms with E-state index < -0.39 is 0 Å². The highest BCUT2D eigenvalue weighted by Crippen LogP contribution is 2.18. The van der Waals surface area contributed by atoms with Gasteiger partial charge in [0.25, 0.3) is 0 Å². The van der Waals surface area contributed by atoms with Crippen LogP contribution >= 0.6 is 0 Å². The fourth-order valence-corrected chi connectivity index (χ4v) is 2.30. The van der Waals surface area contributed by atoms with Crippen molar-refractivity contribution in [3.8, 4) is 0 Å². The zero-order valence-electron chi connectivity index (χ0n) is 10.9. The molecule has 1 rings (SSSR count). The largest absolute Gasteiger partial charge is 0.469 e. The highest BCUT2D eigenvalue weighted by atomic mass is 16.5. The normalized spacial score (nSPS) is 22.9. The molecule has 17 heavy (non-hydrogen) atoms. The van der Waals surface area contributed by atoms with E-state index in [2.05, 4.69) is 10.2 Å². The smallest absolute Gasteiger partial charge is 0.309 e. The lowest BCUT2D eigenvalue weighted by Gasteiger charge is -2.35. The fourth-order valence-electron chi connectivity index (χ4n) is 2.30. The van der Waals surface area contributed by atoms with Crippen molar-refractivity contribution in [2.45, 2.75) is 32.2 Å². The average molecular weight is 242 g/mol. The van der Waals surface area contributed by atoms with Gasteiger partial charge in [0, 0.05) is 13.6 Å². The molecule has 1 N–H and O–H groups in total. The van der Waals surface area contributed by atoms with Crippen molar-refractivity contribution in [1.29, 1.82) is 0 Å². The molecule has 1 fully saturated rings. The molecule has 0 spiro atoms. The Hall–Kier alpha value is -1.10. The molecular formula is C12H22N2O3. The molecular weight excluding hydrogens is 220 g/mol. The second-order valence-corrected chi connectivity index (χ2v) is 4.54. The van der Waals surface area contributed by atoms with Gasteiger partial charge in [0.15, 0.2) is 0 Å². The van der Waals surface area contributed by atoms with Gasteiger partial charge in [-0.25, -0.2) is 0 Å². The number of likely N-dealkylation sites (tertiary alicyclic amines) is 1. The number of carbonyl (C=O) groups excluding carboxylic acids is 2. The standard InChI is InChI=1S/C12H22N2O3/c1-9(12(16)17-3)8-14-7-5-4-6-10(14)11(15)13-2/h9-10H,4-8H2,1-3H3,(H,13,15). The maximum absolute atomic E-state index is 11.7. The fraction of sp³-hybridized carbons (Fsp3) is 0.833. The molecule has 2 atom stereocenters. The molecule has 0 aromatic heterocycles. The predicted molar refractivity (Wildman–Crippen MR) is 64.5 cm³/mol. The van der Waals surface area contributed by atoms with E-state index in [9.17, 15) is 9.59 Å². The molecule has 1 aliphatic rings. The molecule has 1 saturated heterocycles. The lowest BCUT2D eigenvalue weighted by molar-refractivity contribution is -0.146. The summed E-state index contributed by atoms with van der Waals surface area (Å²) in [6.07, 6.45) is 3.02. The minimum atomic E-state index is -0.216. The van der Waals surface area contributed by atoms with Crippen LogP contribution in [0.2, 0.25) is 0 Å². The molecule has 5 nitrogen and oxygen atoms in total. The summed E-state index contributed by atoms with van der Waals surface area (Å²) in [4.78, 5) is 25.2. The highest BCUT2D eigenvalue weighted by Gasteiger charge is 2.30. The van der Waals surface area contributed by atoms with Crippen molar-refractivity contribution >= 4 is 11.9 Å². The third-order valence-corrected chi connectivity index (χ3v) is 3.27. The van der Waals surface area contributed by atoms with Crippen LogP contribution in [0.25, 0.3) is 0 Å². The van der Waals surface area contributed by atoms with Crippen molar-refractivity contribution in [1.82, 2.24) is 10.2 Å². The number of nitrogens with zero attached hydrogens (tertiary/aromatic N) is 1. The number of amides is 1. The van der Waals surface area contributed by atoms with Gasteiger partial charge in [0.05, 0.1) is 19.1 Å². The zero-order valence-corrected chi connectivity index (χ0v) is 10.9. The van der Waals surface area contributed by atoms with Gasteiger partial charge in [0.2, 0.25) is 5.91 Å². The van der Waals surface area contributed by atoms with Gasteiger partial charge in [-0.05, 0) is 19.4 Å². The number of hydrogen-bond donors (Lipinski definition) is 1. The molecule has 0 saturated carbocycles. The second-order valence-electron chi connectivity index (χ2n) is 4.54. The van der Waals surface area contributed by atoms with Gasteiger partial charge in [-0.2, -0.15) is 0 Å². The Morgan fingerprint density at radius 3 is 2.76 bits per heavy atom. The van der Waals surface area contributed by atoms with E-state index in [0.717, 1.165) is 25.8 Å². The highest BCUT2D eigenvalue weighted by molar-refractivity contribution is 5.81. The molecule has 1 amide bonds. The van der Waals surface area contributed by atoms with E-state index in [0.29, 0.717) is 6.54 Å². The predicted octanol–water partition coefficient (Wildman–Crippen LogP) is 0.396. The van der Waals surface area contributed by atoms with E-state index in [1.165, 1.54) is 7.11 Å². The summed E-state index contributed by atoms with van der Waals surface area (Å²) in [6, 6.07) is -0.0964. The van der Waals surface area contributed by atoms with Gasteiger partial charge < -0.3 is 10.1 Å². The molecule has 1 heterocycles. The van der Waals surface area contributed by atoms with Gasteiger partial charge in [-0.1, -0.05) is 13.3 Å². The van der Waals surface area contributed by atoms with E-state index in [4.69, 9.17) is 4.74 Å². The Kier molecular flexibility index (Phi) is 5.41. The van der Waals surface area contributed by atoms with Crippen LogP contribution in [0.3, 0.4) is 0 Å². The van der Waals surface area contributed by atoms with Crippen LogP contribution < -0.4 is 5.32 Å². The minimum Gasteiger partial charge on any atom is -0.469 e. The van der Waals surface area contributed by atoms with Crippen LogP contribution in [-0.4, -0.2) is 50.1 Å². The van der Waals surface area contributed by atoms with Crippen LogP contribution in [0.1, 0.15) is 26.2 Å². The van der Waals surface area contributed by atoms with Crippen LogP contribution in [0.15, 0.2) is 0 Å². The number of ether oxygens (including phenoxy) is 1. The Balaban J connectivity index is 2.59. The lowest BCUT2D eigenvalue weighted by atomic mass is 9.99. The number of methoxy groups -OCH3 is 1. The van der Waals surface area contributed by atoms with E-state index >= 15 is 0 Å². The van der Waals surface area contributed by atoms with Crippen molar-refractivity contribution < 1.29 is 14.3 Å². The van der Waals surface area contributed by atoms with E-state index in [-0.39, 0.29) is 23.8 Å². The summed E-state index contributed by atoms with van der Waals surface area (Å²) in [5, 5.41) is 2.68. The zero-order chi connectivity index (χ0) is 12.8. The van der Waals surface area contributed by atoms with Crippen LogP contribution in [0, 0.1) is 5.92 Å². The first-order valence-corrected chi connectivity index (χ1v) is 6.13. The quantitative estimate of drug-likeness (QED) is 0.725. The summed E-state index contributed by atoms with van der Waals surface area (Å²) >= 11 is 0. The number of hydrogen-bond acceptors (Lipinski definition) is 4. The molecule has 2 unspecified atom stereocenters. The SMILES string of the molecule is CNC(=O)C1CCCCN1CC(C)C(=O)OC. The van der Waals surface area contributed by atoms with Crippen molar-refractivity contribution in [3.63, 3.8) is 0 Å². The summed E-state index contributed by atoms with van der Waals surface area (Å²) < 4.78 is 4.71. The van der Waals surface area contributed by atoms with Crippen LogP contribution in [-0.2, 0) is 14.3 Å². The Bertz CT molecular complexity index is 281. The van der Waals surface area contributed by atoms with Gasteiger partial charge in [-0.15, -0.1) is 0 Å². The summed E-state index contributed by atoms with van der Waals surface area (Å²) in [5.74, 6) is -0.363. The number of piperidine rings is 1. The number of esters is 1. The van der Waals surface area contributed by atoms with Crippen molar-refractivity contribution in [2.24, 2.45) is 5.92 Å². The van der Waals surface area contributed by atoms with Gasteiger partial charge in [0.1, 0.15) is 0 Å². The number of likely N-dealkylation sites (N-methyl/N-ethyl adjacent to an activating group) is 1. The minimum absolute atomic E-state index is 0.0433. The summed E-state index contributed by atoms with van der Waals surface area (Å²) in [7, 11) is 3.05. The van der Waals surface area contributed by atoms with E-state index in [1.54, 1.807) is 7.05 Å². The Morgan fingerprint density at radius 2 is 2.18 bits per heavy atom. The molecule has 0 radical (unpaired) electrons. The lowest BCUT2D eigenvalue weighted by Crippen LogP contribution is -2.50. The van der Waals surface area contributed by atoms with Crippen LogP contribution in [0.5, 0.6) is 0 Å². The molecule has 0 aliphatic carbocycles. The Labute approximate surface area is 102 Å². The maximum atomic E-state index is 11.7. The summed E-state index contributed by atoms with van der Waals surface area (Å²) in [6.45, 7) is 3.30. The molecule has 0 aromatic rings. The molecule has 1 aliphatic heterocycles. The second kappa shape index (κ2) is 6.59. The first-order valence-electron chi connectivity index (χ1n) is 6.13. The first kappa shape index (κ1) is 14.0. The number of carbonyl (C=O) groups is 2. The Morgan fingerprint density at radius 1 is 1.47 bits per heavy atom. The average Bonchev–Trinajstić information content (AvgIpc) is 2.37. The first-order chi connectivity index (χ1) is 8.10.